The standard InChI is InChI=1S/C17H18FN3O2/c18-13-3-1-12(2-4-13)17(22)21-14-5-7-15(8-6-14)23-16-11-19-9-10-20-16/h1-4,9-11,14-15H,5-8H2,(H,21,22). The van der Waals surface area contributed by atoms with Gasteiger partial charge in [0.05, 0.1) is 6.20 Å². The zero-order chi connectivity index (χ0) is 16.1. The zero-order valence-corrected chi connectivity index (χ0v) is 12.6. The number of carbonyl (C=O) groups excluding carboxylic acids is 1. The summed E-state index contributed by atoms with van der Waals surface area (Å²) in [5.74, 6) is 0.0258. The van der Waals surface area contributed by atoms with Crippen LogP contribution in [0.3, 0.4) is 0 Å². The Kier molecular flexibility index (Phi) is 4.80. The number of nitrogens with one attached hydrogen (secondary N) is 1. The normalized spacial score (nSPS) is 20.7. The quantitative estimate of drug-likeness (QED) is 0.942. The third-order valence-corrected chi connectivity index (χ3v) is 3.94. The summed E-state index contributed by atoms with van der Waals surface area (Å²) < 4.78 is 18.7. The van der Waals surface area contributed by atoms with E-state index in [-0.39, 0.29) is 23.9 Å². The van der Waals surface area contributed by atoms with Crippen LogP contribution in [0.25, 0.3) is 0 Å². The Morgan fingerprint density at radius 3 is 2.52 bits per heavy atom. The number of ether oxygens (including phenoxy) is 1. The van der Waals surface area contributed by atoms with Crippen molar-refractivity contribution >= 4 is 5.91 Å². The van der Waals surface area contributed by atoms with Crippen molar-refractivity contribution in [3.05, 3.63) is 54.2 Å². The largest absolute Gasteiger partial charge is 0.473 e. The van der Waals surface area contributed by atoms with E-state index in [1.807, 2.05) is 0 Å². The molecule has 1 fully saturated rings. The molecule has 2 aromatic rings. The number of nitrogens with zero attached hydrogens (tertiary/aromatic N) is 2. The SMILES string of the molecule is O=C(NC1CCC(Oc2cnccn2)CC1)c1ccc(F)cc1. The van der Waals surface area contributed by atoms with Crippen molar-refractivity contribution in [3.8, 4) is 5.88 Å². The fraction of sp³-hybridized carbons (Fsp3) is 0.353. The highest BCUT2D eigenvalue weighted by molar-refractivity contribution is 5.94. The minimum atomic E-state index is -0.344. The molecule has 5 nitrogen and oxygen atoms in total. The molecule has 0 atom stereocenters. The number of amides is 1. The second kappa shape index (κ2) is 7.17. The number of carbonyl (C=O) groups is 1. The molecule has 0 radical (unpaired) electrons. The van der Waals surface area contributed by atoms with Gasteiger partial charge >= 0.3 is 0 Å². The van der Waals surface area contributed by atoms with E-state index in [1.165, 1.54) is 24.3 Å². The maximum Gasteiger partial charge on any atom is 0.251 e. The molecule has 1 aromatic carbocycles. The molecule has 0 spiro atoms. The third-order valence-electron chi connectivity index (χ3n) is 3.94. The van der Waals surface area contributed by atoms with Crippen LogP contribution in [0.15, 0.2) is 42.9 Å². The molecular weight excluding hydrogens is 297 g/mol. The predicted octanol–water partition coefficient (Wildman–Crippen LogP) is 2.74. The lowest BCUT2D eigenvalue weighted by Crippen LogP contribution is -2.39. The molecule has 0 unspecified atom stereocenters. The summed E-state index contributed by atoms with van der Waals surface area (Å²) in [7, 11) is 0. The van der Waals surface area contributed by atoms with E-state index >= 15 is 0 Å². The van der Waals surface area contributed by atoms with Crippen LogP contribution in [0.2, 0.25) is 0 Å². The Morgan fingerprint density at radius 1 is 1.13 bits per heavy atom. The lowest BCUT2D eigenvalue weighted by Gasteiger charge is -2.29. The van der Waals surface area contributed by atoms with E-state index < -0.39 is 0 Å². The average molecular weight is 315 g/mol. The molecule has 0 saturated heterocycles. The fourth-order valence-corrected chi connectivity index (χ4v) is 2.71. The van der Waals surface area contributed by atoms with Gasteiger partial charge in [-0.1, -0.05) is 0 Å². The van der Waals surface area contributed by atoms with E-state index in [4.69, 9.17) is 4.74 Å². The molecule has 1 N–H and O–H groups in total. The van der Waals surface area contributed by atoms with E-state index in [2.05, 4.69) is 15.3 Å². The highest BCUT2D eigenvalue weighted by Gasteiger charge is 2.24. The van der Waals surface area contributed by atoms with Crippen LogP contribution in [0.5, 0.6) is 5.88 Å². The molecule has 0 bridgehead atoms. The van der Waals surface area contributed by atoms with Crippen LogP contribution in [0, 0.1) is 5.82 Å². The minimum absolute atomic E-state index is 0.102. The van der Waals surface area contributed by atoms with Crippen molar-refractivity contribution in [1.82, 2.24) is 15.3 Å². The molecule has 23 heavy (non-hydrogen) atoms. The summed E-state index contributed by atoms with van der Waals surface area (Å²) in [5.41, 5.74) is 0.476. The zero-order valence-electron chi connectivity index (χ0n) is 12.6. The van der Waals surface area contributed by atoms with E-state index in [0.717, 1.165) is 25.7 Å². The van der Waals surface area contributed by atoms with Crippen LogP contribution in [0.4, 0.5) is 4.39 Å². The summed E-state index contributed by atoms with van der Waals surface area (Å²) in [6.07, 6.45) is 8.30. The first kappa shape index (κ1) is 15.4. The van der Waals surface area contributed by atoms with E-state index in [0.29, 0.717) is 11.4 Å². The number of halogens is 1. The van der Waals surface area contributed by atoms with Gasteiger partial charge in [-0.3, -0.25) is 9.78 Å². The molecule has 1 saturated carbocycles. The minimum Gasteiger partial charge on any atom is -0.473 e. The van der Waals surface area contributed by atoms with Gasteiger partial charge in [0, 0.05) is 24.0 Å². The van der Waals surface area contributed by atoms with Gasteiger partial charge in [0.1, 0.15) is 11.9 Å². The fourth-order valence-electron chi connectivity index (χ4n) is 2.71. The Morgan fingerprint density at radius 2 is 1.87 bits per heavy atom. The first-order valence-electron chi connectivity index (χ1n) is 7.70. The summed E-state index contributed by atoms with van der Waals surface area (Å²) in [4.78, 5) is 20.2. The summed E-state index contributed by atoms with van der Waals surface area (Å²) in [6, 6.07) is 5.69. The summed E-state index contributed by atoms with van der Waals surface area (Å²) in [6.45, 7) is 0. The van der Waals surface area contributed by atoms with Crippen LogP contribution in [-0.4, -0.2) is 28.0 Å². The van der Waals surface area contributed by atoms with Crippen LogP contribution in [-0.2, 0) is 0 Å². The van der Waals surface area contributed by atoms with Crippen LogP contribution in [0.1, 0.15) is 36.0 Å². The molecular formula is C17H18FN3O2. The molecule has 1 aliphatic rings. The maximum absolute atomic E-state index is 12.9. The number of hydrogen-bond donors (Lipinski definition) is 1. The molecule has 0 aliphatic heterocycles. The molecule has 1 amide bonds. The Hall–Kier alpha value is -2.50. The number of hydrogen-bond acceptors (Lipinski definition) is 4. The lowest BCUT2D eigenvalue weighted by molar-refractivity contribution is 0.0890. The first-order valence-corrected chi connectivity index (χ1v) is 7.70. The predicted molar refractivity (Wildman–Crippen MR) is 82.6 cm³/mol. The maximum atomic E-state index is 12.9. The van der Waals surface area contributed by atoms with Crippen LogP contribution >= 0.6 is 0 Å². The van der Waals surface area contributed by atoms with Gasteiger partial charge in [0.2, 0.25) is 5.88 Å². The van der Waals surface area contributed by atoms with Crippen molar-refractivity contribution in [2.24, 2.45) is 0 Å². The summed E-state index contributed by atoms with van der Waals surface area (Å²) >= 11 is 0. The van der Waals surface area contributed by atoms with E-state index in [9.17, 15) is 9.18 Å². The van der Waals surface area contributed by atoms with Gasteiger partial charge in [-0.15, -0.1) is 0 Å². The Bertz CT molecular complexity index is 641. The van der Waals surface area contributed by atoms with Crippen molar-refractivity contribution in [1.29, 1.82) is 0 Å². The highest BCUT2D eigenvalue weighted by atomic mass is 19.1. The number of rotatable bonds is 4. The topological polar surface area (TPSA) is 64.1 Å². The lowest BCUT2D eigenvalue weighted by atomic mass is 9.92. The van der Waals surface area contributed by atoms with Crippen molar-refractivity contribution < 1.29 is 13.9 Å². The van der Waals surface area contributed by atoms with Crippen molar-refractivity contribution in [3.63, 3.8) is 0 Å². The second-order valence-electron chi connectivity index (χ2n) is 5.62. The molecule has 1 aliphatic carbocycles. The highest BCUT2D eigenvalue weighted by Crippen LogP contribution is 2.22. The Labute approximate surface area is 133 Å². The monoisotopic (exact) mass is 315 g/mol. The third kappa shape index (κ3) is 4.25. The molecule has 1 aromatic heterocycles. The van der Waals surface area contributed by atoms with Crippen molar-refractivity contribution in [2.45, 2.75) is 37.8 Å². The van der Waals surface area contributed by atoms with Gasteiger partial charge in [-0.2, -0.15) is 0 Å². The number of benzene rings is 1. The summed E-state index contributed by atoms with van der Waals surface area (Å²) in [5, 5.41) is 2.99. The second-order valence-corrected chi connectivity index (χ2v) is 5.62. The molecule has 3 rings (SSSR count). The van der Waals surface area contributed by atoms with Gasteiger partial charge in [0.25, 0.3) is 5.91 Å². The first-order chi connectivity index (χ1) is 11.2. The molecule has 1 heterocycles. The van der Waals surface area contributed by atoms with Gasteiger partial charge in [0.15, 0.2) is 0 Å². The Balaban J connectivity index is 1.47. The van der Waals surface area contributed by atoms with Gasteiger partial charge < -0.3 is 10.1 Å². The van der Waals surface area contributed by atoms with Crippen LogP contribution < -0.4 is 10.1 Å². The smallest absolute Gasteiger partial charge is 0.251 e. The van der Waals surface area contributed by atoms with Crippen molar-refractivity contribution in [2.75, 3.05) is 0 Å². The van der Waals surface area contributed by atoms with E-state index in [1.54, 1.807) is 18.6 Å². The van der Waals surface area contributed by atoms with Gasteiger partial charge in [-0.05, 0) is 49.9 Å². The average Bonchev–Trinajstić information content (AvgIpc) is 2.58. The molecule has 6 heteroatoms. The molecule has 120 valence electrons. The van der Waals surface area contributed by atoms with Gasteiger partial charge in [-0.25, -0.2) is 9.37 Å². The number of aromatic nitrogens is 2.